The molecule has 0 spiro atoms. The monoisotopic (exact) mass is 426 g/mol. The number of nitrogens with two attached hydrogens (primary N) is 1. The van der Waals surface area contributed by atoms with Gasteiger partial charge in [0.2, 0.25) is 5.91 Å². The smallest absolute Gasteiger partial charge is 0.242 e. The van der Waals surface area contributed by atoms with Gasteiger partial charge in [0.15, 0.2) is 5.96 Å². The Labute approximate surface area is 146 Å². The van der Waals surface area contributed by atoms with Gasteiger partial charge in [0, 0.05) is 11.7 Å². The SMILES string of the molecule is COc1ccc(NC(N)=NCC(=O)NC(C)C)cc1Cl.I. The average Bonchev–Trinajstić information content (AvgIpc) is 2.36. The second kappa shape index (κ2) is 9.67. The van der Waals surface area contributed by atoms with E-state index in [1.54, 1.807) is 18.2 Å². The molecule has 1 aromatic carbocycles. The van der Waals surface area contributed by atoms with Crippen molar-refractivity contribution in [1.29, 1.82) is 0 Å². The highest BCUT2D eigenvalue weighted by molar-refractivity contribution is 14.0. The minimum atomic E-state index is -0.183. The predicted octanol–water partition coefficient (Wildman–Crippen LogP) is 2.22. The van der Waals surface area contributed by atoms with Gasteiger partial charge in [0.25, 0.3) is 0 Å². The number of carbonyl (C=O) groups excluding carboxylic acids is 1. The fraction of sp³-hybridized carbons (Fsp3) is 0.385. The molecule has 8 heteroatoms. The van der Waals surface area contributed by atoms with Crippen LogP contribution in [0, 0.1) is 0 Å². The van der Waals surface area contributed by atoms with E-state index >= 15 is 0 Å². The number of halogens is 2. The van der Waals surface area contributed by atoms with Gasteiger partial charge < -0.3 is 21.1 Å². The molecular weight excluding hydrogens is 407 g/mol. The van der Waals surface area contributed by atoms with Crippen molar-refractivity contribution in [2.24, 2.45) is 10.7 Å². The summed E-state index contributed by atoms with van der Waals surface area (Å²) in [6.07, 6.45) is 0. The second-order valence-corrected chi connectivity index (χ2v) is 4.81. The van der Waals surface area contributed by atoms with Gasteiger partial charge in [-0.2, -0.15) is 0 Å². The predicted molar refractivity (Wildman–Crippen MR) is 96.8 cm³/mol. The number of rotatable bonds is 5. The first-order chi connectivity index (χ1) is 9.42. The maximum Gasteiger partial charge on any atom is 0.242 e. The van der Waals surface area contributed by atoms with Crippen molar-refractivity contribution in [3.8, 4) is 5.75 Å². The number of anilines is 1. The standard InChI is InChI=1S/C13H19ClN4O2.HI/c1-8(2)17-12(19)7-16-13(15)18-9-4-5-11(20-3)10(14)6-9;/h4-6,8H,7H2,1-3H3,(H,17,19)(H3,15,16,18);1H. The molecule has 0 aliphatic carbocycles. The third-order valence-corrected chi connectivity index (χ3v) is 2.56. The highest BCUT2D eigenvalue weighted by atomic mass is 127. The van der Waals surface area contributed by atoms with Gasteiger partial charge in [-0.3, -0.25) is 4.79 Å². The molecule has 0 unspecified atom stereocenters. The summed E-state index contributed by atoms with van der Waals surface area (Å²) in [4.78, 5) is 15.4. The number of guanidine groups is 1. The maximum absolute atomic E-state index is 11.4. The Morgan fingerprint density at radius 1 is 1.48 bits per heavy atom. The van der Waals surface area contributed by atoms with Gasteiger partial charge in [0.05, 0.1) is 12.1 Å². The van der Waals surface area contributed by atoms with Crippen LogP contribution in [-0.4, -0.2) is 31.6 Å². The van der Waals surface area contributed by atoms with E-state index in [4.69, 9.17) is 22.1 Å². The molecule has 4 N–H and O–H groups in total. The number of benzene rings is 1. The van der Waals surface area contributed by atoms with Gasteiger partial charge in [0.1, 0.15) is 12.3 Å². The van der Waals surface area contributed by atoms with E-state index < -0.39 is 0 Å². The average molecular weight is 427 g/mol. The Hall–Kier alpha value is -1.22. The summed E-state index contributed by atoms with van der Waals surface area (Å²) >= 11 is 5.99. The van der Waals surface area contributed by atoms with Crippen molar-refractivity contribution in [2.45, 2.75) is 19.9 Å². The summed E-state index contributed by atoms with van der Waals surface area (Å²) in [7, 11) is 1.54. The Morgan fingerprint density at radius 2 is 2.14 bits per heavy atom. The van der Waals surface area contributed by atoms with Gasteiger partial charge in [-0.05, 0) is 32.0 Å². The third kappa shape index (κ3) is 7.37. The lowest BCUT2D eigenvalue weighted by Gasteiger charge is -2.09. The Bertz CT molecular complexity index is 509. The van der Waals surface area contributed by atoms with E-state index in [2.05, 4.69) is 15.6 Å². The molecule has 1 aromatic rings. The normalized spacial score (nSPS) is 10.8. The number of nitrogens with one attached hydrogen (secondary N) is 2. The van der Waals surface area contributed by atoms with E-state index in [9.17, 15) is 4.79 Å². The summed E-state index contributed by atoms with van der Waals surface area (Å²) in [5.74, 6) is 0.534. The number of hydrogen-bond acceptors (Lipinski definition) is 3. The summed E-state index contributed by atoms with van der Waals surface area (Å²) in [6, 6.07) is 5.20. The molecule has 0 heterocycles. The number of hydrogen-bond donors (Lipinski definition) is 3. The van der Waals surface area contributed by atoms with Crippen LogP contribution >= 0.6 is 35.6 Å². The van der Waals surface area contributed by atoms with Crippen molar-refractivity contribution in [1.82, 2.24) is 5.32 Å². The van der Waals surface area contributed by atoms with Crippen LogP contribution < -0.4 is 21.1 Å². The topological polar surface area (TPSA) is 88.7 Å². The summed E-state index contributed by atoms with van der Waals surface area (Å²) in [6.45, 7) is 3.73. The zero-order chi connectivity index (χ0) is 15.1. The van der Waals surface area contributed by atoms with E-state index in [1.807, 2.05) is 13.8 Å². The number of carbonyl (C=O) groups is 1. The molecule has 0 fully saturated rings. The van der Waals surface area contributed by atoms with Crippen LogP contribution in [0.5, 0.6) is 5.75 Å². The molecule has 1 amide bonds. The summed E-state index contributed by atoms with van der Waals surface area (Å²) in [5.41, 5.74) is 6.36. The maximum atomic E-state index is 11.4. The Balaban J connectivity index is 0.00000400. The lowest BCUT2D eigenvalue weighted by atomic mass is 10.3. The van der Waals surface area contributed by atoms with Crippen molar-refractivity contribution in [3.63, 3.8) is 0 Å². The van der Waals surface area contributed by atoms with Crippen LogP contribution in [0.3, 0.4) is 0 Å². The highest BCUT2D eigenvalue weighted by Gasteiger charge is 2.04. The molecule has 6 nitrogen and oxygen atoms in total. The van der Waals surface area contributed by atoms with Crippen molar-refractivity contribution >= 4 is 53.1 Å². The van der Waals surface area contributed by atoms with Crippen molar-refractivity contribution in [3.05, 3.63) is 23.2 Å². The third-order valence-electron chi connectivity index (χ3n) is 2.27. The van der Waals surface area contributed by atoms with Gasteiger partial charge >= 0.3 is 0 Å². The summed E-state index contributed by atoms with van der Waals surface area (Å²) < 4.78 is 5.05. The molecule has 0 atom stereocenters. The largest absolute Gasteiger partial charge is 0.495 e. The molecule has 118 valence electrons. The zero-order valence-corrected chi connectivity index (χ0v) is 15.2. The number of nitrogens with zero attached hydrogens (tertiary/aromatic N) is 1. The molecule has 0 aromatic heterocycles. The lowest BCUT2D eigenvalue weighted by molar-refractivity contribution is -0.120. The van der Waals surface area contributed by atoms with E-state index in [0.29, 0.717) is 16.5 Å². The van der Waals surface area contributed by atoms with Crippen molar-refractivity contribution in [2.75, 3.05) is 19.0 Å². The van der Waals surface area contributed by atoms with Gasteiger partial charge in [-0.15, -0.1) is 24.0 Å². The van der Waals surface area contributed by atoms with Crippen LogP contribution in [0.15, 0.2) is 23.2 Å². The summed E-state index contributed by atoms with van der Waals surface area (Å²) in [5, 5.41) is 6.03. The van der Waals surface area contributed by atoms with Crippen LogP contribution in [0.25, 0.3) is 0 Å². The van der Waals surface area contributed by atoms with E-state index in [-0.39, 0.29) is 48.4 Å². The molecule has 0 saturated carbocycles. The molecule has 0 aliphatic heterocycles. The molecule has 0 saturated heterocycles. The number of amides is 1. The van der Waals surface area contributed by atoms with Crippen LogP contribution in [-0.2, 0) is 4.79 Å². The minimum absolute atomic E-state index is 0. The molecule has 0 bridgehead atoms. The first-order valence-corrected chi connectivity index (χ1v) is 6.50. The lowest BCUT2D eigenvalue weighted by Crippen LogP contribution is -2.33. The molecule has 0 radical (unpaired) electrons. The Kier molecular flexibility index (Phi) is 9.11. The minimum Gasteiger partial charge on any atom is -0.495 e. The van der Waals surface area contributed by atoms with E-state index in [0.717, 1.165) is 0 Å². The van der Waals surface area contributed by atoms with Crippen molar-refractivity contribution < 1.29 is 9.53 Å². The fourth-order valence-electron chi connectivity index (χ4n) is 1.46. The zero-order valence-electron chi connectivity index (χ0n) is 12.1. The van der Waals surface area contributed by atoms with E-state index in [1.165, 1.54) is 7.11 Å². The molecular formula is C13H20ClIN4O2. The fourth-order valence-corrected chi connectivity index (χ4v) is 1.71. The van der Waals surface area contributed by atoms with Gasteiger partial charge in [-0.1, -0.05) is 11.6 Å². The Morgan fingerprint density at radius 3 is 2.67 bits per heavy atom. The first-order valence-electron chi connectivity index (χ1n) is 6.12. The van der Waals surface area contributed by atoms with Crippen LogP contribution in [0.2, 0.25) is 5.02 Å². The number of ether oxygens (including phenoxy) is 1. The number of aliphatic imine (C=N–C) groups is 1. The second-order valence-electron chi connectivity index (χ2n) is 4.40. The van der Waals surface area contributed by atoms with Crippen LogP contribution in [0.4, 0.5) is 5.69 Å². The quantitative estimate of drug-likeness (QED) is 0.383. The van der Waals surface area contributed by atoms with Gasteiger partial charge in [-0.25, -0.2) is 4.99 Å². The first kappa shape index (κ1) is 19.8. The number of methoxy groups -OCH3 is 1. The molecule has 21 heavy (non-hydrogen) atoms. The molecule has 1 rings (SSSR count). The molecule has 0 aliphatic rings. The highest BCUT2D eigenvalue weighted by Crippen LogP contribution is 2.26. The van der Waals surface area contributed by atoms with Crippen LogP contribution in [0.1, 0.15) is 13.8 Å².